The molecule has 4 saturated carbocycles. The Morgan fingerprint density at radius 3 is 2.52 bits per heavy atom. The lowest BCUT2D eigenvalue weighted by molar-refractivity contribution is -0.141. The summed E-state index contributed by atoms with van der Waals surface area (Å²) in [5.41, 5.74) is 0.130. The van der Waals surface area contributed by atoms with Gasteiger partial charge in [-0.3, -0.25) is 9.35 Å². The fourth-order valence-electron chi connectivity index (χ4n) is 7.25. The SMILES string of the molecule is C[C@@]12CC[C@@H](OS(=O)(=O)O)C[C@H]1CC[C@H]1[C@H]2CC[C@@]2(C)C(=O)CC[C@H]12. The predicted octanol–water partition coefficient (Wildman–Crippen LogP) is 3.79. The largest absolute Gasteiger partial charge is 0.397 e. The smallest absolute Gasteiger partial charge is 0.299 e. The molecule has 7 atom stereocenters. The van der Waals surface area contributed by atoms with Gasteiger partial charge in [-0.25, -0.2) is 4.18 Å². The third kappa shape index (κ3) is 2.79. The normalized spacial score (nSPS) is 50.0. The Morgan fingerprint density at radius 2 is 1.80 bits per heavy atom. The zero-order valence-corrected chi connectivity index (χ0v) is 16.1. The van der Waals surface area contributed by atoms with Crippen molar-refractivity contribution in [1.82, 2.24) is 0 Å². The Morgan fingerprint density at radius 1 is 1.04 bits per heavy atom. The van der Waals surface area contributed by atoms with Crippen LogP contribution < -0.4 is 0 Å². The summed E-state index contributed by atoms with van der Waals surface area (Å²) in [5, 5.41) is 0. The first kappa shape index (κ1) is 17.9. The molecule has 1 N–H and O–H groups in total. The molecule has 0 spiro atoms. The number of ketones is 1. The van der Waals surface area contributed by atoms with Gasteiger partial charge in [-0.15, -0.1) is 0 Å². The third-order valence-electron chi connectivity index (χ3n) is 8.58. The Hall–Kier alpha value is -0.460. The van der Waals surface area contributed by atoms with E-state index in [0.717, 1.165) is 51.4 Å². The van der Waals surface area contributed by atoms with E-state index in [0.29, 0.717) is 35.9 Å². The summed E-state index contributed by atoms with van der Waals surface area (Å²) in [4.78, 5) is 12.4. The monoisotopic (exact) mass is 370 g/mol. The van der Waals surface area contributed by atoms with E-state index in [4.69, 9.17) is 8.74 Å². The summed E-state index contributed by atoms with van der Waals surface area (Å²) in [7, 11) is -4.37. The van der Waals surface area contributed by atoms with Crippen LogP contribution in [-0.2, 0) is 19.4 Å². The molecule has 0 aromatic carbocycles. The van der Waals surface area contributed by atoms with Crippen molar-refractivity contribution < 1.29 is 21.9 Å². The molecule has 142 valence electrons. The van der Waals surface area contributed by atoms with E-state index in [-0.39, 0.29) is 16.9 Å². The second-order valence-electron chi connectivity index (χ2n) is 9.50. The molecule has 6 heteroatoms. The average Bonchev–Trinajstić information content (AvgIpc) is 2.82. The summed E-state index contributed by atoms with van der Waals surface area (Å²) >= 11 is 0. The summed E-state index contributed by atoms with van der Waals surface area (Å²) < 4.78 is 36.0. The second-order valence-corrected chi connectivity index (χ2v) is 10.5. The van der Waals surface area contributed by atoms with Gasteiger partial charge in [0, 0.05) is 11.8 Å². The first-order valence-corrected chi connectivity index (χ1v) is 11.2. The number of rotatable bonds is 2. The van der Waals surface area contributed by atoms with E-state index in [1.54, 1.807) is 0 Å². The molecule has 4 rings (SSSR count). The van der Waals surface area contributed by atoms with E-state index >= 15 is 0 Å². The summed E-state index contributed by atoms with van der Waals surface area (Å²) in [5.74, 6) is 2.76. The van der Waals surface area contributed by atoms with E-state index in [2.05, 4.69) is 13.8 Å². The van der Waals surface area contributed by atoms with Crippen molar-refractivity contribution >= 4 is 16.2 Å². The summed E-state index contributed by atoms with van der Waals surface area (Å²) in [6, 6.07) is 0. The highest BCUT2D eigenvalue weighted by Crippen LogP contribution is 2.65. The standard InChI is InChI=1S/C19H30O5S/c1-18-9-7-13(24-25(21,22)23)11-12(18)3-4-14-15-5-6-17(20)19(15,2)10-8-16(14)18/h12-16H,3-11H2,1-2H3,(H,21,22,23)/t12-,13-,14-,15-,16-,18-,19-/m1/s1. The van der Waals surface area contributed by atoms with Gasteiger partial charge in [0.2, 0.25) is 0 Å². The van der Waals surface area contributed by atoms with Crippen molar-refractivity contribution in [2.45, 2.75) is 77.7 Å². The number of Topliss-reactive ketones (excluding diaryl/α,β-unsaturated/α-hetero) is 1. The van der Waals surface area contributed by atoms with Crippen LogP contribution in [0.4, 0.5) is 0 Å². The van der Waals surface area contributed by atoms with Gasteiger partial charge >= 0.3 is 10.4 Å². The zero-order valence-electron chi connectivity index (χ0n) is 15.2. The molecule has 25 heavy (non-hydrogen) atoms. The fraction of sp³-hybridized carbons (Fsp3) is 0.947. The van der Waals surface area contributed by atoms with Crippen LogP contribution in [0.5, 0.6) is 0 Å². The minimum Gasteiger partial charge on any atom is -0.299 e. The van der Waals surface area contributed by atoms with Crippen molar-refractivity contribution in [1.29, 1.82) is 0 Å². The maximum Gasteiger partial charge on any atom is 0.397 e. The lowest BCUT2D eigenvalue weighted by Crippen LogP contribution is -2.54. The zero-order chi connectivity index (χ0) is 18.0. The molecule has 0 aliphatic heterocycles. The molecule has 0 saturated heterocycles. The Kier molecular flexibility index (Phi) is 4.14. The number of carbonyl (C=O) groups excluding carboxylic acids is 1. The number of fused-ring (bicyclic) bond motifs is 5. The minimum atomic E-state index is -4.37. The molecule has 0 heterocycles. The Labute approximate surface area is 150 Å². The molecular formula is C19H30O5S. The van der Waals surface area contributed by atoms with Crippen molar-refractivity contribution in [3.8, 4) is 0 Å². The number of hydrogen-bond acceptors (Lipinski definition) is 4. The molecule has 0 amide bonds. The van der Waals surface area contributed by atoms with Crippen LogP contribution >= 0.6 is 0 Å². The molecule has 0 radical (unpaired) electrons. The third-order valence-corrected chi connectivity index (χ3v) is 9.10. The van der Waals surface area contributed by atoms with Crippen LogP contribution in [0, 0.1) is 34.5 Å². The Balaban J connectivity index is 1.54. The molecule has 4 fully saturated rings. The van der Waals surface area contributed by atoms with E-state index < -0.39 is 10.4 Å². The van der Waals surface area contributed by atoms with Gasteiger partial charge in [0.15, 0.2) is 0 Å². The van der Waals surface area contributed by atoms with Crippen molar-refractivity contribution in [2.24, 2.45) is 34.5 Å². The van der Waals surface area contributed by atoms with Crippen LogP contribution in [-0.4, -0.2) is 24.9 Å². The molecular weight excluding hydrogens is 340 g/mol. The average molecular weight is 371 g/mol. The van der Waals surface area contributed by atoms with Crippen LogP contribution in [0.2, 0.25) is 0 Å². The predicted molar refractivity (Wildman–Crippen MR) is 93.2 cm³/mol. The minimum absolute atomic E-state index is 0.0877. The van der Waals surface area contributed by atoms with Crippen molar-refractivity contribution in [3.05, 3.63) is 0 Å². The molecule has 5 nitrogen and oxygen atoms in total. The molecule has 0 aromatic heterocycles. The van der Waals surface area contributed by atoms with Gasteiger partial charge in [-0.2, -0.15) is 8.42 Å². The van der Waals surface area contributed by atoms with E-state index in [1.807, 2.05) is 0 Å². The van der Waals surface area contributed by atoms with Crippen LogP contribution in [0.15, 0.2) is 0 Å². The molecule has 0 aromatic rings. The van der Waals surface area contributed by atoms with Gasteiger partial charge in [-0.1, -0.05) is 13.8 Å². The van der Waals surface area contributed by atoms with Crippen LogP contribution in [0.3, 0.4) is 0 Å². The summed E-state index contributed by atoms with van der Waals surface area (Å²) in [6.07, 6.45) is 8.19. The van der Waals surface area contributed by atoms with E-state index in [1.165, 1.54) is 0 Å². The topological polar surface area (TPSA) is 80.7 Å². The molecule has 0 unspecified atom stereocenters. The van der Waals surface area contributed by atoms with Gasteiger partial charge in [0.1, 0.15) is 5.78 Å². The second kappa shape index (κ2) is 5.77. The van der Waals surface area contributed by atoms with Gasteiger partial charge in [0.25, 0.3) is 0 Å². The highest BCUT2D eigenvalue weighted by Gasteiger charge is 2.60. The highest BCUT2D eigenvalue weighted by molar-refractivity contribution is 7.80. The summed E-state index contributed by atoms with van der Waals surface area (Å²) in [6.45, 7) is 4.59. The quantitative estimate of drug-likeness (QED) is 0.748. The van der Waals surface area contributed by atoms with Crippen molar-refractivity contribution in [2.75, 3.05) is 0 Å². The lowest BCUT2D eigenvalue weighted by Gasteiger charge is -2.60. The van der Waals surface area contributed by atoms with Gasteiger partial charge in [-0.05, 0) is 80.5 Å². The van der Waals surface area contributed by atoms with Crippen molar-refractivity contribution in [3.63, 3.8) is 0 Å². The van der Waals surface area contributed by atoms with E-state index in [9.17, 15) is 13.2 Å². The fourth-order valence-corrected chi connectivity index (χ4v) is 7.77. The van der Waals surface area contributed by atoms with Gasteiger partial charge < -0.3 is 0 Å². The van der Waals surface area contributed by atoms with Crippen LogP contribution in [0.1, 0.15) is 71.6 Å². The van der Waals surface area contributed by atoms with Gasteiger partial charge in [0.05, 0.1) is 6.10 Å². The molecule has 4 aliphatic carbocycles. The lowest BCUT2D eigenvalue weighted by atomic mass is 9.45. The Bertz CT molecular complexity index is 673. The molecule has 4 aliphatic rings. The van der Waals surface area contributed by atoms with Crippen LogP contribution in [0.25, 0.3) is 0 Å². The maximum atomic E-state index is 12.4. The number of hydrogen-bond donors (Lipinski definition) is 1. The maximum absolute atomic E-state index is 12.4. The number of carbonyl (C=O) groups is 1. The molecule has 0 bridgehead atoms. The first-order valence-electron chi connectivity index (χ1n) is 9.82. The first-order chi connectivity index (χ1) is 11.6. The highest BCUT2D eigenvalue weighted by atomic mass is 32.3.